The molecule has 0 aliphatic rings. The van der Waals surface area contributed by atoms with Gasteiger partial charge in [0.1, 0.15) is 17.5 Å². The molecule has 194 valence electrons. The van der Waals surface area contributed by atoms with Crippen molar-refractivity contribution in [1.82, 2.24) is 0 Å². The molecule has 0 unspecified atom stereocenters. The van der Waals surface area contributed by atoms with Gasteiger partial charge in [-0.25, -0.2) is 17.6 Å². The predicted octanol–water partition coefficient (Wildman–Crippen LogP) is 7.94. The second-order valence-corrected chi connectivity index (χ2v) is 8.51. The van der Waals surface area contributed by atoms with Crippen LogP contribution >= 0.6 is 0 Å². The second kappa shape index (κ2) is 10.8. The summed E-state index contributed by atoms with van der Waals surface area (Å²) in [6.07, 6.45) is -4.17. The Morgan fingerprint density at radius 1 is 0.730 bits per heavy atom. The molecule has 0 aliphatic carbocycles. The van der Waals surface area contributed by atoms with Gasteiger partial charge in [-0.15, -0.1) is 0 Å². The topological polar surface area (TPSA) is 18.5 Å². The number of alkyl halides is 3. The van der Waals surface area contributed by atoms with Gasteiger partial charge in [0.25, 0.3) is 0 Å². The third-order valence-corrected chi connectivity index (χ3v) is 5.81. The molecule has 2 nitrogen and oxygen atoms in total. The number of ether oxygens (including phenoxy) is 2. The monoisotopic (exact) mass is 522 g/mol. The van der Waals surface area contributed by atoms with Crippen molar-refractivity contribution in [3.8, 4) is 16.9 Å². The maximum atomic E-state index is 15.2. The molecule has 9 heteroatoms. The summed E-state index contributed by atoms with van der Waals surface area (Å²) in [6, 6.07) is 13.5. The maximum Gasteiger partial charge on any atom is 0.422 e. The SMILES string of the molecule is COCc1cc(F)c(-c2ccc3c(F)c(CCc4ccc(OCC(F)(F)F)c(F)c4)ccc3c2)c(F)c1. The Kier molecular flexibility index (Phi) is 7.73. The van der Waals surface area contributed by atoms with E-state index in [9.17, 15) is 26.3 Å². The summed E-state index contributed by atoms with van der Waals surface area (Å²) in [4.78, 5) is 0. The number of fused-ring (bicyclic) bond motifs is 1. The fourth-order valence-corrected chi connectivity index (χ4v) is 4.09. The molecule has 0 atom stereocenters. The largest absolute Gasteiger partial charge is 0.481 e. The highest BCUT2D eigenvalue weighted by atomic mass is 19.4. The molecule has 0 fully saturated rings. The molecule has 4 aromatic rings. The first kappa shape index (κ1) is 26.5. The fourth-order valence-electron chi connectivity index (χ4n) is 4.09. The van der Waals surface area contributed by atoms with Crippen LogP contribution in [0, 0.1) is 23.3 Å². The molecule has 0 amide bonds. The van der Waals surface area contributed by atoms with Gasteiger partial charge in [-0.3, -0.25) is 0 Å². The Morgan fingerprint density at radius 3 is 2.08 bits per heavy atom. The zero-order chi connectivity index (χ0) is 26.7. The highest BCUT2D eigenvalue weighted by Crippen LogP contribution is 2.32. The number of halogens is 7. The first-order valence-electron chi connectivity index (χ1n) is 11.2. The molecule has 0 heterocycles. The highest BCUT2D eigenvalue weighted by Gasteiger charge is 2.29. The molecule has 0 aromatic heterocycles. The Morgan fingerprint density at radius 2 is 1.43 bits per heavy atom. The van der Waals surface area contributed by atoms with Gasteiger partial charge in [0.2, 0.25) is 0 Å². The average Bonchev–Trinajstić information content (AvgIpc) is 2.82. The second-order valence-electron chi connectivity index (χ2n) is 8.51. The molecular formula is C28H21F7O2. The number of rotatable bonds is 8. The lowest BCUT2D eigenvalue weighted by molar-refractivity contribution is -0.153. The van der Waals surface area contributed by atoms with E-state index in [0.717, 1.165) is 12.1 Å². The van der Waals surface area contributed by atoms with Crippen molar-refractivity contribution in [2.75, 3.05) is 13.7 Å². The lowest BCUT2D eigenvalue weighted by Gasteiger charge is -2.12. The molecule has 0 saturated heterocycles. The minimum Gasteiger partial charge on any atom is -0.481 e. The molecule has 0 radical (unpaired) electrons. The van der Waals surface area contributed by atoms with Crippen LogP contribution in [0.1, 0.15) is 16.7 Å². The van der Waals surface area contributed by atoms with Gasteiger partial charge in [-0.1, -0.05) is 30.3 Å². The van der Waals surface area contributed by atoms with Crippen LogP contribution < -0.4 is 4.74 Å². The summed E-state index contributed by atoms with van der Waals surface area (Å²) in [5.41, 5.74) is 1.16. The summed E-state index contributed by atoms with van der Waals surface area (Å²) in [7, 11) is 1.42. The zero-order valence-electron chi connectivity index (χ0n) is 19.6. The fraction of sp³-hybridized carbons (Fsp3) is 0.214. The number of hydrogen-bond acceptors (Lipinski definition) is 2. The minimum absolute atomic E-state index is 0.0580. The van der Waals surface area contributed by atoms with Gasteiger partial charge in [0.05, 0.1) is 12.2 Å². The minimum atomic E-state index is -4.59. The Bertz CT molecular complexity index is 1410. The Balaban J connectivity index is 1.52. The van der Waals surface area contributed by atoms with Crippen LogP contribution in [0.4, 0.5) is 30.7 Å². The maximum absolute atomic E-state index is 15.2. The first-order chi connectivity index (χ1) is 17.6. The third kappa shape index (κ3) is 6.22. The van der Waals surface area contributed by atoms with E-state index in [1.165, 1.54) is 49.6 Å². The Labute approximate surface area is 208 Å². The van der Waals surface area contributed by atoms with Gasteiger partial charge in [0, 0.05) is 12.5 Å². The smallest absolute Gasteiger partial charge is 0.422 e. The van der Waals surface area contributed by atoms with Crippen LogP contribution in [0.3, 0.4) is 0 Å². The summed E-state index contributed by atoms with van der Waals surface area (Å²) in [5.74, 6) is -3.50. The quantitative estimate of drug-likeness (QED) is 0.219. The van der Waals surface area contributed by atoms with E-state index in [-0.39, 0.29) is 36.0 Å². The van der Waals surface area contributed by atoms with Crippen LogP contribution in [0.25, 0.3) is 21.9 Å². The normalized spacial score (nSPS) is 11.8. The van der Waals surface area contributed by atoms with Crippen LogP contribution in [-0.2, 0) is 24.2 Å². The summed E-state index contributed by atoms with van der Waals surface area (Å²) in [6.45, 7) is -1.55. The highest BCUT2D eigenvalue weighted by molar-refractivity contribution is 5.88. The lowest BCUT2D eigenvalue weighted by atomic mass is 9.96. The van der Waals surface area contributed by atoms with Gasteiger partial charge in [-0.2, -0.15) is 13.2 Å². The summed E-state index contributed by atoms with van der Waals surface area (Å²) < 4.78 is 105. The Hall–Kier alpha value is -3.59. The summed E-state index contributed by atoms with van der Waals surface area (Å²) >= 11 is 0. The molecule has 0 bridgehead atoms. The number of benzene rings is 4. The van der Waals surface area contributed by atoms with Crippen molar-refractivity contribution in [2.24, 2.45) is 0 Å². The third-order valence-electron chi connectivity index (χ3n) is 5.81. The molecule has 0 spiro atoms. The van der Waals surface area contributed by atoms with Gasteiger partial charge >= 0.3 is 6.18 Å². The first-order valence-corrected chi connectivity index (χ1v) is 11.2. The molecule has 37 heavy (non-hydrogen) atoms. The van der Waals surface area contributed by atoms with Crippen molar-refractivity contribution >= 4 is 10.8 Å². The zero-order valence-corrected chi connectivity index (χ0v) is 19.6. The number of hydrogen-bond donors (Lipinski definition) is 0. The van der Waals surface area contributed by atoms with Crippen LogP contribution in [0.5, 0.6) is 5.75 Å². The lowest BCUT2D eigenvalue weighted by Crippen LogP contribution is -2.19. The molecule has 0 saturated carbocycles. The molecular weight excluding hydrogens is 501 g/mol. The average molecular weight is 522 g/mol. The van der Waals surface area contributed by atoms with Crippen LogP contribution in [0.2, 0.25) is 0 Å². The van der Waals surface area contributed by atoms with Crippen LogP contribution in [0.15, 0.2) is 60.7 Å². The standard InChI is InChI=1S/C28H21F7O2/c1-36-14-17-11-23(30)26(24(31)12-17)20-7-8-21-19(13-20)6-5-18(27(21)32)4-2-16-3-9-25(22(29)10-16)37-15-28(33,34)35/h3,5-13H,2,4,14-15H2,1H3. The van der Waals surface area contributed by atoms with Gasteiger partial charge < -0.3 is 9.47 Å². The van der Waals surface area contributed by atoms with Crippen molar-refractivity contribution in [3.63, 3.8) is 0 Å². The van der Waals surface area contributed by atoms with E-state index < -0.39 is 41.8 Å². The van der Waals surface area contributed by atoms with Crippen LogP contribution in [-0.4, -0.2) is 19.9 Å². The molecule has 0 N–H and O–H groups in total. The molecule has 4 aromatic carbocycles. The van der Waals surface area contributed by atoms with E-state index in [4.69, 9.17) is 4.74 Å². The predicted molar refractivity (Wildman–Crippen MR) is 125 cm³/mol. The van der Waals surface area contributed by atoms with Crippen molar-refractivity contribution in [3.05, 3.63) is 101 Å². The number of methoxy groups -OCH3 is 1. The van der Waals surface area contributed by atoms with Gasteiger partial charge in [-0.05, 0) is 70.8 Å². The molecule has 0 aliphatic heterocycles. The van der Waals surface area contributed by atoms with Gasteiger partial charge in [0.15, 0.2) is 18.2 Å². The van der Waals surface area contributed by atoms with E-state index in [0.29, 0.717) is 22.1 Å². The van der Waals surface area contributed by atoms with Crippen molar-refractivity contribution < 1.29 is 40.2 Å². The molecule has 4 rings (SSSR count). The van der Waals surface area contributed by atoms with E-state index in [2.05, 4.69) is 4.74 Å². The van der Waals surface area contributed by atoms with Crippen molar-refractivity contribution in [1.29, 1.82) is 0 Å². The number of aryl methyl sites for hydroxylation is 2. The van der Waals surface area contributed by atoms with E-state index >= 15 is 4.39 Å². The summed E-state index contributed by atoms with van der Waals surface area (Å²) in [5, 5.41) is 0.691. The van der Waals surface area contributed by atoms with E-state index in [1.54, 1.807) is 6.07 Å². The van der Waals surface area contributed by atoms with E-state index in [1.807, 2.05) is 0 Å². The van der Waals surface area contributed by atoms with Crippen molar-refractivity contribution in [2.45, 2.75) is 25.6 Å².